The molecule has 0 bridgehead atoms. The first-order chi connectivity index (χ1) is 13.6. The van der Waals surface area contributed by atoms with Crippen LogP contribution in [0.4, 0.5) is 4.79 Å². The lowest BCUT2D eigenvalue weighted by Crippen LogP contribution is -2.51. The van der Waals surface area contributed by atoms with E-state index in [1.165, 1.54) is 10.5 Å². The van der Waals surface area contributed by atoms with Crippen LogP contribution in [0.1, 0.15) is 18.9 Å². The largest absolute Gasteiger partial charge is 0.465 e. The van der Waals surface area contributed by atoms with Gasteiger partial charge in [0, 0.05) is 52.4 Å². The summed E-state index contributed by atoms with van der Waals surface area (Å²) in [5.41, 5.74) is 1.24. The van der Waals surface area contributed by atoms with Crippen LogP contribution in [0.5, 0.6) is 0 Å². The quantitative estimate of drug-likeness (QED) is 0.604. The summed E-state index contributed by atoms with van der Waals surface area (Å²) in [5, 5.41) is 19.7. The summed E-state index contributed by atoms with van der Waals surface area (Å²) in [4.78, 5) is 16.9. The molecule has 1 atom stereocenters. The Bertz CT molecular complexity index is 625. The van der Waals surface area contributed by atoms with Crippen LogP contribution in [0.2, 0.25) is 0 Å². The monoisotopic (exact) mass is 387 g/mol. The fraction of sp³-hybridized carbons (Fsp3) is 0.500. The number of nitrogens with zero attached hydrogens (tertiary/aromatic N) is 3. The molecule has 0 unspecified atom stereocenters. The normalized spacial score (nSPS) is 17.0. The number of hydrogen-bond acceptors (Lipinski definition) is 4. The highest BCUT2D eigenvalue weighted by Crippen LogP contribution is 2.09. The number of piperazine rings is 1. The number of allylic oxidation sites excluding steroid dienone is 3. The second-order valence-electron chi connectivity index (χ2n) is 7.19. The van der Waals surface area contributed by atoms with Crippen molar-refractivity contribution in [2.75, 3.05) is 45.8 Å². The van der Waals surface area contributed by atoms with Crippen molar-refractivity contribution < 1.29 is 15.0 Å². The molecule has 1 fully saturated rings. The molecule has 0 spiro atoms. The Morgan fingerprint density at radius 1 is 1.18 bits per heavy atom. The molecule has 6 heteroatoms. The molecule has 0 saturated carbocycles. The van der Waals surface area contributed by atoms with E-state index in [1.807, 2.05) is 37.3 Å². The molecule has 1 aliphatic rings. The van der Waals surface area contributed by atoms with Crippen LogP contribution in [0.25, 0.3) is 0 Å². The zero-order valence-corrected chi connectivity index (χ0v) is 16.8. The molecule has 2 rings (SSSR count). The third kappa shape index (κ3) is 8.25. The number of β-amino-alcohol motifs (C(OH)–C–C–N with tert-alkyl or cyclic N) is 1. The minimum Gasteiger partial charge on any atom is -0.465 e. The fourth-order valence-electron chi connectivity index (χ4n) is 3.40. The number of rotatable bonds is 10. The highest BCUT2D eigenvalue weighted by molar-refractivity contribution is 5.65. The van der Waals surface area contributed by atoms with Gasteiger partial charge in [0.1, 0.15) is 0 Å². The number of aliphatic hydroxyl groups excluding tert-OH is 1. The van der Waals surface area contributed by atoms with Crippen molar-refractivity contribution in [3.05, 3.63) is 60.2 Å². The van der Waals surface area contributed by atoms with Crippen LogP contribution in [0, 0.1) is 0 Å². The first-order valence-corrected chi connectivity index (χ1v) is 10.0. The van der Waals surface area contributed by atoms with E-state index in [9.17, 15) is 9.90 Å². The molecule has 1 heterocycles. The molecular formula is C22H33N3O3. The van der Waals surface area contributed by atoms with Gasteiger partial charge in [0.15, 0.2) is 0 Å². The van der Waals surface area contributed by atoms with Crippen LogP contribution < -0.4 is 0 Å². The van der Waals surface area contributed by atoms with Gasteiger partial charge in [-0.05, 0) is 18.9 Å². The lowest BCUT2D eigenvalue weighted by atomic mass is 10.2. The van der Waals surface area contributed by atoms with E-state index in [0.717, 1.165) is 19.5 Å². The maximum absolute atomic E-state index is 11.0. The van der Waals surface area contributed by atoms with Crippen molar-refractivity contribution in [2.24, 2.45) is 0 Å². The van der Waals surface area contributed by atoms with Gasteiger partial charge >= 0.3 is 6.09 Å². The maximum Gasteiger partial charge on any atom is 0.407 e. The zero-order chi connectivity index (χ0) is 20.2. The highest BCUT2D eigenvalue weighted by Gasteiger charge is 2.22. The molecule has 1 aromatic carbocycles. The van der Waals surface area contributed by atoms with Crippen LogP contribution >= 0.6 is 0 Å². The second-order valence-corrected chi connectivity index (χ2v) is 7.19. The number of aliphatic hydroxyl groups is 1. The van der Waals surface area contributed by atoms with Crippen molar-refractivity contribution in [2.45, 2.75) is 26.0 Å². The van der Waals surface area contributed by atoms with Crippen molar-refractivity contribution in [3.63, 3.8) is 0 Å². The summed E-state index contributed by atoms with van der Waals surface area (Å²) >= 11 is 0. The Kier molecular flexibility index (Phi) is 9.76. The number of hydrogen-bond donors (Lipinski definition) is 2. The first-order valence-electron chi connectivity index (χ1n) is 10.0. The number of amides is 1. The van der Waals surface area contributed by atoms with E-state index in [-0.39, 0.29) is 0 Å². The van der Waals surface area contributed by atoms with Crippen LogP contribution in [-0.2, 0) is 6.54 Å². The van der Waals surface area contributed by atoms with Gasteiger partial charge < -0.3 is 15.1 Å². The van der Waals surface area contributed by atoms with E-state index in [0.29, 0.717) is 39.3 Å². The average Bonchev–Trinajstić information content (AvgIpc) is 2.69. The third-order valence-electron chi connectivity index (χ3n) is 4.88. The Hall–Kier alpha value is -2.15. The van der Waals surface area contributed by atoms with Crippen molar-refractivity contribution in [3.8, 4) is 0 Å². The Morgan fingerprint density at radius 2 is 1.89 bits per heavy atom. The van der Waals surface area contributed by atoms with Gasteiger partial charge in [-0.25, -0.2) is 4.79 Å². The summed E-state index contributed by atoms with van der Waals surface area (Å²) in [6, 6.07) is 10.3. The highest BCUT2D eigenvalue weighted by atomic mass is 16.4. The van der Waals surface area contributed by atoms with E-state index in [4.69, 9.17) is 5.11 Å². The van der Waals surface area contributed by atoms with Crippen molar-refractivity contribution >= 4 is 6.09 Å². The number of carbonyl (C=O) groups is 1. The fourth-order valence-corrected chi connectivity index (χ4v) is 3.40. The topological polar surface area (TPSA) is 67.2 Å². The van der Waals surface area contributed by atoms with E-state index in [1.54, 1.807) is 0 Å². The van der Waals surface area contributed by atoms with Crippen LogP contribution in [-0.4, -0.2) is 82.9 Å². The lowest BCUT2D eigenvalue weighted by molar-refractivity contribution is 0.0492. The van der Waals surface area contributed by atoms with Crippen molar-refractivity contribution in [1.29, 1.82) is 0 Å². The van der Waals surface area contributed by atoms with Crippen LogP contribution in [0.15, 0.2) is 54.6 Å². The molecule has 6 nitrogen and oxygen atoms in total. The second kappa shape index (κ2) is 12.3. The molecule has 0 aliphatic carbocycles. The standard InChI is InChI=1S/C22H33N3O3/c1-2-3-4-5-9-12-24(17-20-10-7-6-8-11-20)19-21(26)18-23-13-15-25(16-14-23)22(27)28/h2-8,10-11,21,26H,9,12-19H2,1H3,(H,27,28)/b3-2-,5-4-/t21-/m1/s1. The molecule has 154 valence electrons. The van der Waals surface area contributed by atoms with Gasteiger partial charge in [0.05, 0.1) is 6.10 Å². The predicted octanol–water partition coefficient (Wildman–Crippen LogP) is 2.67. The molecule has 1 amide bonds. The van der Waals surface area contributed by atoms with Crippen LogP contribution in [0.3, 0.4) is 0 Å². The Balaban J connectivity index is 1.84. The van der Waals surface area contributed by atoms with Gasteiger partial charge in [-0.3, -0.25) is 9.80 Å². The number of carboxylic acid groups (broad SMARTS) is 1. The SMILES string of the molecule is C/C=C\C=C/CCN(Cc1ccccc1)C[C@H](O)CN1CCN(C(=O)O)CC1. The summed E-state index contributed by atoms with van der Waals surface area (Å²) in [7, 11) is 0. The maximum atomic E-state index is 11.0. The molecule has 2 N–H and O–H groups in total. The zero-order valence-electron chi connectivity index (χ0n) is 16.8. The van der Waals surface area contributed by atoms with E-state index >= 15 is 0 Å². The molecular weight excluding hydrogens is 354 g/mol. The summed E-state index contributed by atoms with van der Waals surface area (Å²) in [6.07, 6.45) is 7.84. The molecule has 1 aromatic rings. The predicted molar refractivity (Wildman–Crippen MR) is 112 cm³/mol. The Labute approximate surface area is 168 Å². The van der Waals surface area contributed by atoms with Gasteiger partial charge in [-0.15, -0.1) is 0 Å². The summed E-state index contributed by atoms with van der Waals surface area (Å²) < 4.78 is 0. The van der Waals surface area contributed by atoms with Gasteiger partial charge in [0.25, 0.3) is 0 Å². The van der Waals surface area contributed by atoms with Gasteiger partial charge in [0.2, 0.25) is 0 Å². The minimum atomic E-state index is -0.861. The molecule has 1 aliphatic heterocycles. The van der Waals surface area contributed by atoms with Crippen molar-refractivity contribution in [1.82, 2.24) is 14.7 Å². The molecule has 0 radical (unpaired) electrons. The summed E-state index contributed by atoms with van der Waals surface area (Å²) in [6.45, 7) is 7.23. The average molecular weight is 388 g/mol. The lowest BCUT2D eigenvalue weighted by Gasteiger charge is -2.35. The third-order valence-corrected chi connectivity index (χ3v) is 4.88. The van der Waals surface area contributed by atoms with Gasteiger partial charge in [-0.1, -0.05) is 54.6 Å². The summed E-state index contributed by atoms with van der Waals surface area (Å²) in [5.74, 6) is 0. The number of benzene rings is 1. The first kappa shape index (κ1) is 22.1. The molecule has 28 heavy (non-hydrogen) atoms. The van der Waals surface area contributed by atoms with E-state index < -0.39 is 12.2 Å². The smallest absolute Gasteiger partial charge is 0.407 e. The molecule has 1 saturated heterocycles. The van der Waals surface area contributed by atoms with Gasteiger partial charge in [-0.2, -0.15) is 0 Å². The van der Waals surface area contributed by atoms with E-state index in [2.05, 4.69) is 34.1 Å². The minimum absolute atomic E-state index is 0.459. The molecule has 0 aromatic heterocycles. The Morgan fingerprint density at radius 3 is 2.54 bits per heavy atom.